The Kier molecular flexibility index (Phi) is 8.41. The van der Waals surface area contributed by atoms with Crippen LogP contribution >= 0.6 is 23.4 Å². The van der Waals surface area contributed by atoms with E-state index in [2.05, 4.69) is 5.32 Å². The van der Waals surface area contributed by atoms with Crippen LogP contribution in [0.25, 0.3) is 0 Å². The van der Waals surface area contributed by atoms with Gasteiger partial charge in [0.1, 0.15) is 16.7 Å². The summed E-state index contributed by atoms with van der Waals surface area (Å²) in [6.45, 7) is 11.1. The third-order valence-corrected chi connectivity index (χ3v) is 5.03. The van der Waals surface area contributed by atoms with Crippen LogP contribution in [0, 0.1) is 11.7 Å². The van der Waals surface area contributed by atoms with Crippen LogP contribution < -0.4 is 5.32 Å². The summed E-state index contributed by atoms with van der Waals surface area (Å²) in [7, 11) is 0. The van der Waals surface area contributed by atoms with Gasteiger partial charge in [-0.15, -0.1) is 11.8 Å². The molecule has 26 heavy (non-hydrogen) atoms. The van der Waals surface area contributed by atoms with Crippen LogP contribution in [0.5, 0.6) is 0 Å². The van der Waals surface area contributed by atoms with Crippen LogP contribution in [0.15, 0.2) is 17.0 Å². The third-order valence-electron chi connectivity index (χ3n) is 3.20. The first-order valence-corrected chi connectivity index (χ1v) is 9.87. The summed E-state index contributed by atoms with van der Waals surface area (Å²) in [5, 5.41) is 2.28. The number of carbonyl (C=O) groups is 2. The van der Waals surface area contributed by atoms with Gasteiger partial charge in [-0.1, -0.05) is 32.4 Å². The Balaban J connectivity index is 2.99. The number of halogens is 2. The number of carbonyl (C=O) groups excluding carboxylic acids is 2. The van der Waals surface area contributed by atoms with Gasteiger partial charge >= 0.3 is 5.97 Å². The summed E-state index contributed by atoms with van der Waals surface area (Å²) >= 11 is 7.34. The first kappa shape index (κ1) is 22.8. The predicted octanol–water partition coefficient (Wildman–Crippen LogP) is 5.68. The van der Waals surface area contributed by atoms with Gasteiger partial charge in [0.2, 0.25) is 5.91 Å². The van der Waals surface area contributed by atoms with Gasteiger partial charge in [-0.05, 0) is 45.2 Å². The van der Waals surface area contributed by atoms with Crippen molar-refractivity contribution in [3.8, 4) is 0 Å². The second kappa shape index (κ2) is 9.60. The standard InChI is InChI=1S/C19H27ClFNO3S/c1-7-15(18(24)25-19(4,5)6)26-16-10-14(13(21)9-12(16)20)22-17(23)8-11(2)3/h9-11,15H,7-8H2,1-6H3,(H,22,23). The van der Waals surface area contributed by atoms with E-state index in [4.69, 9.17) is 16.3 Å². The van der Waals surface area contributed by atoms with Crippen molar-refractivity contribution in [3.63, 3.8) is 0 Å². The summed E-state index contributed by atoms with van der Waals surface area (Å²) in [6, 6.07) is 2.62. The Morgan fingerprint density at radius 2 is 1.92 bits per heavy atom. The lowest BCUT2D eigenvalue weighted by Crippen LogP contribution is -2.30. The van der Waals surface area contributed by atoms with Crippen LogP contribution in [0.2, 0.25) is 5.02 Å². The zero-order chi connectivity index (χ0) is 20.1. The van der Waals surface area contributed by atoms with Crippen molar-refractivity contribution in [3.05, 3.63) is 23.0 Å². The monoisotopic (exact) mass is 403 g/mol. The number of esters is 1. The van der Waals surface area contributed by atoms with Gasteiger partial charge in [0.15, 0.2) is 0 Å². The molecule has 0 aromatic heterocycles. The Morgan fingerprint density at radius 1 is 1.31 bits per heavy atom. The van der Waals surface area contributed by atoms with Crippen molar-refractivity contribution in [2.75, 3.05) is 5.32 Å². The first-order chi connectivity index (χ1) is 11.9. The zero-order valence-electron chi connectivity index (χ0n) is 16.1. The van der Waals surface area contributed by atoms with Gasteiger partial charge in [0.25, 0.3) is 0 Å². The van der Waals surface area contributed by atoms with E-state index >= 15 is 0 Å². The molecule has 0 aliphatic carbocycles. The molecular formula is C19H27ClFNO3S. The number of ether oxygens (including phenoxy) is 1. The minimum absolute atomic E-state index is 0.0570. The lowest BCUT2D eigenvalue weighted by Gasteiger charge is -2.23. The molecule has 0 spiro atoms. The first-order valence-electron chi connectivity index (χ1n) is 8.61. The maximum absolute atomic E-state index is 14.1. The number of thioether (sulfide) groups is 1. The molecule has 1 aromatic rings. The van der Waals surface area contributed by atoms with Crippen LogP contribution in [0.3, 0.4) is 0 Å². The van der Waals surface area contributed by atoms with Crippen molar-refractivity contribution in [2.24, 2.45) is 5.92 Å². The van der Waals surface area contributed by atoms with Gasteiger partial charge in [-0.2, -0.15) is 0 Å². The van der Waals surface area contributed by atoms with E-state index < -0.39 is 16.7 Å². The van der Waals surface area contributed by atoms with E-state index in [0.29, 0.717) is 17.7 Å². The number of rotatable bonds is 7. The second-order valence-electron chi connectivity index (χ2n) is 7.46. The molecule has 0 heterocycles. The molecule has 1 unspecified atom stereocenters. The topological polar surface area (TPSA) is 55.4 Å². The Hall–Kier alpha value is -1.27. The molecule has 0 aliphatic rings. The molecule has 1 atom stereocenters. The number of anilines is 1. The summed E-state index contributed by atoms with van der Waals surface area (Å²) in [6.07, 6.45) is 0.822. The summed E-state index contributed by atoms with van der Waals surface area (Å²) in [4.78, 5) is 24.8. The Labute approximate surface area is 164 Å². The highest BCUT2D eigenvalue weighted by atomic mass is 35.5. The Morgan fingerprint density at radius 3 is 2.42 bits per heavy atom. The lowest BCUT2D eigenvalue weighted by molar-refractivity contribution is -0.154. The van der Waals surface area contributed by atoms with E-state index in [1.54, 1.807) is 20.8 Å². The summed E-state index contributed by atoms with van der Waals surface area (Å²) < 4.78 is 19.5. The molecule has 0 saturated heterocycles. The highest BCUT2D eigenvalue weighted by Gasteiger charge is 2.26. The molecule has 1 amide bonds. The van der Waals surface area contributed by atoms with Crippen molar-refractivity contribution in [1.29, 1.82) is 0 Å². The molecule has 4 nitrogen and oxygen atoms in total. The van der Waals surface area contributed by atoms with Gasteiger partial charge in [0, 0.05) is 11.3 Å². The van der Waals surface area contributed by atoms with Crippen molar-refractivity contribution in [1.82, 2.24) is 0 Å². The molecular weight excluding hydrogens is 377 g/mol. The van der Waals surface area contributed by atoms with Crippen LogP contribution in [0.4, 0.5) is 10.1 Å². The summed E-state index contributed by atoms with van der Waals surface area (Å²) in [5.74, 6) is -1.07. The molecule has 0 radical (unpaired) electrons. The molecule has 0 bridgehead atoms. The quantitative estimate of drug-likeness (QED) is 0.470. The minimum Gasteiger partial charge on any atom is -0.459 e. The summed E-state index contributed by atoms with van der Waals surface area (Å²) in [5.41, 5.74) is -0.533. The molecule has 7 heteroatoms. The van der Waals surface area contributed by atoms with Gasteiger partial charge < -0.3 is 10.1 Å². The molecule has 1 N–H and O–H groups in total. The van der Waals surface area contributed by atoms with Crippen LogP contribution in [-0.2, 0) is 14.3 Å². The van der Waals surface area contributed by atoms with E-state index in [-0.39, 0.29) is 28.5 Å². The van der Waals surface area contributed by atoms with Gasteiger partial charge in [-0.25, -0.2) is 4.39 Å². The number of hydrogen-bond donors (Lipinski definition) is 1. The van der Waals surface area contributed by atoms with E-state index in [9.17, 15) is 14.0 Å². The number of hydrogen-bond acceptors (Lipinski definition) is 4. The lowest BCUT2D eigenvalue weighted by atomic mass is 10.1. The van der Waals surface area contributed by atoms with E-state index in [1.807, 2.05) is 20.8 Å². The largest absolute Gasteiger partial charge is 0.459 e. The molecule has 0 aliphatic heterocycles. The number of amides is 1. The van der Waals surface area contributed by atoms with Crippen molar-refractivity contribution in [2.45, 2.75) is 70.1 Å². The normalized spacial score (nSPS) is 12.8. The number of benzene rings is 1. The number of nitrogens with one attached hydrogen (secondary N) is 1. The fourth-order valence-electron chi connectivity index (χ4n) is 2.11. The molecule has 1 rings (SSSR count). The maximum Gasteiger partial charge on any atom is 0.319 e. The zero-order valence-corrected chi connectivity index (χ0v) is 17.7. The van der Waals surface area contributed by atoms with E-state index in [0.717, 1.165) is 6.07 Å². The minimum atomic E-state index is -0.609. The predicted molar refractivity (Wildman–Crippen MR) is 105 cm³/mol. The van der Waals surface area contributed by atoms with Crippen LogP contribution in [-0.4, -0.2) is 22.7 Å². The maximum atomic E-state index is 14.1. The average Bonchev–Trinajstić information content (AvgIpc) is 2.46. The highest BCUT2D eigenvalue weighted by Crippen LogP contribution is 2.36. The van der Waals surface area contributed by atoms with Crippen molar-refractivity contribution >= 4 is 40.9 Å². The highest BCUT2D eigenvalue weighted by molar-refractivity contribution is 8.00. The third kappa shape index (κ3) is 7.54. The van der Waals surface area contributed by atoms with E-state index in [1.165, 1.54) is 17.8 Å². The van der Waals surface area contributed by atoms with Gasteiger partial charge in [0.05, 0.1) is 10.7 Å². The molecule has 0 saturated carbocycles. The van der Waals surface area contributed by atoms with Crippen LogP contribution in [0.1, 0.15) is 54.4 Å². The SMILES string of the molecule is CCC(Sc1cc(NC(=O)CC(C)C)c(F)cc1Cl)C(=O)OC(C)(C)C. The Bertz CT molecular complexity index is 659. The molecule has 146 valence electrons. The van der Waals surface area contributed by atoms with Crippen molar-refractivity contribution < 1.29 is 18.7 Å². The smallest absolute Gasteiger partial charge is 0.319 e. The second-order valence-corrected chi connectivity index (χ2v) is 9.11. The fourth-order valence-corrected chi connectivity index (χ4v) is 3.37. The molecule has 1 aromatic carbocycles. The average molecular weight is 404 g/mol. The van der Waals surface area contributed by atoms with Gasteiger partial charge in [-0.3, -0.25) is 9.59 Å². The fraction of sp³-hybridized carbons (Fsp3) is 0.579. The molecule has 0 fully saturated rings.